The van der Waals surface area contributed by atoms with Crippen molar-refractivity contribution >= 4 is 69.5 Å². The predicted octanol–water partition coefficient (Wildman–Crippen LogP) is 2.61. The Morgan fingerprint density at radius 2 is 1.50 bits per heavy atom. The number of carbonyl (C=O) groups is 5. The van der Waals surface area contributed by atoms with Gasteiger partial charge in [-0.05, 0) is 37.1 Å². The molecule has 4 rings (SSSR count). The van der Waals surface area contributed by atoms with E-state index in [0.29, 0.717) is 53.7 Å². The van der Waals surface area contributed by atoms with E-state index in [1.165, 1.54) is 18.5 Å². The van der Waals surface area contributed by atoms with Crippen molar-refractivity contribution < 1.29 is 73.2 Å². The van der Waals surface area contributed by atoms with Crippen molar-refractivity contribution in [3.05, 3.63) is 59.1 Å². The van der Waals surface area contributed by atoms with Gasteiger partial charge in [-0.15, -0.1) is 0 Å². The van der Waals surface area contributed by atoms with Gasteiger partial charge in [0.15, 0.2) is 12.2 Å². The van der Waals surface area contributed by atoms with E-state index in [1.807, 2.05) is 0 Å². The molecule has 0 aliphatic carbocycles. The summed E-state index contributed by atoms with van der Waals surface area (Å²) in [6.07, 6.45) is -0.355. The number of rotatable bonds is 17. The monoisotopic (exact) mass is 811 g/mol. The molecule has 19 nitrogen and oxygen atoms in total. The van der Waals surface area contributed by atoms with Crippen LogP contribution in [0.1, 0.15) is 25.7 Å². The maximum atomic E-state index is 13.6. The number of likely N-dealkylation sites (tertiary alicyclic amines) is 1. The minimum Gasteiger partial charge on any atom is -0.489 e. The number of nitrogens with zero attached hydrogens (tertiary/aromatic N) is 3. The summed E-state index contributed by atoms with van der Waals surface area (Å²) < 4.78 is 29.8. The van der Waals surface area contributed by atoms with Crippen molar-refractivity contribution in [2.45, 2.75) is 37.9 Å². The molecule has 2 aromatic carbocycles. The number of anilines is 3. The third-order valence-corrected chi connectivity index (χ3v) is 7.76. The van der Waals surface area contributed by atoms with Gasteiger partial charge in [-0.1, -0.05) is 17.2 Å². The van der Waals surface area contributed by atoms with Gasteiger partial charge in [0.25, 0.3) is 0 Å². The molecule has 0 radical (unpaired) electrons. The fourth-order valence-electron chi connectivity index (χ4n) is 4.63. The molecule has 1 saturated heterocycles. The van der Waals surface area contributed by atoms with Gasteiger partial charge in [-0.25, -0.2) is 23.9 Å². The Labute approximate surface area is 324 Å². The Hall–Kier alpha value is -5.51. The first-order chi connectivity index (χ1) is 26.5. The molecular weight excluding hydrogens is 769 g/mol. The lowest BCUT2D eigenvalue weighted by molar-refractivity contribution is -0.153. The number of aromatic nitrogens is 2. The number of hydrogen-bond donors (Lipinski definition) is 8. The van der Waals surface area contributed by atoms with E-state index in [-0.39, 0.29) is 10.9 Å². The van der Waals surface area contributed by atoms with Crippen LogP contribution in [-0.4, -0.2) is 141 Å². The Morgan fingerprint density at radius 1 is 0.893 bits per heavy atom. The largest absolute Gasteiger partial charge is 0.489 e. The van der Waals surface area contributed by atoms with Crippen molar-refractivity contribution in [1.29, 1.82) is 0 Å². The lowest BCUT2D eigenvalue weighted by Gasteiger charge is -2.27. The second kappa shape index (κ2) is 24.1. The third-order valence-electron chi connectivity index (χ3n) is 7.47. The number of carboxylic acids is 4. The zero-order valence-electron chi connectivity index (χ0n) is 30.3. The van der Waals surface area contributed by atoms with Gasteiger partial charge in [0, 0.05) is 57.1 Å². The van der Waals surface area contributed by atoms with Crippen molar-refractivity contribution in [1.82, 2.24) is 14.9 Å². The first kappa shape index (κ1) is 46.6. The standard InChI is InChI=1S/C27H31ClFN5O4.2C4H6O5/c1-36-10-9-34-7-5-18(6-8-34)13-26(35)33-24-15-20-23(16-25(24)38-12-11-37-2)30-17-31-27(20)32-19-3-4-22(29)21(28)14-19;2*5-2(4(8)9)1-3(6)7/h3-4,13-17H,5-12H2,1-2H3,(H,33,35)(H,30,31,32);2*2,5H,1H2,(H,6,7)(H,8,9). The highest BCUT2D eigenvalue weighted by Crippen LogP contribution is 2.34. The summed E-state index contributed by atoms with van der Waals surface area (Å²) >= 11 is 5.94. The fraction of sp³-hybridized carbons (Fsp3) is 0.400. The van der Waals surface area contributed by atoms with Crippen LogP contribution < -0.4 is 15.4 Å². The number of benzene rings is 2. The van der Waals surface area contributed by atoms with E-state index < -0.39 is 54.7 Å². The number of aliphatic hydroxyl groups is 2. The molecule has 2 unspecified atom stereocenters. The van der Waals surface area contributed by atoms with E-state index in [4.69, 9.17) is 56.5 Å². The number of methoxy groups -OCH3 is 2. The first-order valence-corrected chi connectivity index (χ1v) is 17.0. The topological polar surface area (TPSA) is 287 Å². The van der Waals surface area contributed by atoms with Gasteiger partial charge >= 0.3 is 23.9 Å². The van der Waals surface area contributed by atoms with Gasteiger partial charge in [-0.2, -0.15) is 0 Å². The average Bonchev–Trinajstić information content (AvgIpc) is 3.13. The molecule has 1 aliphatic heterocycles. The number of piperidine rings is 1. The Kier molecular flexibility index (Phi) is 20.1. The molecule has 306 valence electrons. The number of aliphatic hydroxyl groups excluding tert-OH is 2. The quantitative estimate of drug-likeness (QED) is 0.0718. The number of nitrogens with one attached hydrogen (secondary N) is 2. The van der Waals surface area contributed by atoms with Crippen molar-refractivity contribution in [3.8, 4) is 5.75 Å². The SMILES string of the molecule is COCCOc1cc2ncnc(Nc3ccc(F)c(Cl)c3)c2cc1NC(=O)C=C1CCN(CCOC)CC1.O=C(O)CC(O)C(=O)O.O=C(O)CC(O)C(=O)O. The minimum atomic E-state index is -1.79. The highest BCUT2D eigenvalue weighted by atomic mass is 35.5. The molecule has 0 bridgehead atoms. The highest BCUT2D eigenvalue weighted by molar-refractivity contribution is 6.31. The second-order valence-corrected chi connectivity index (χ2v) is 12.1. The van der Waals surface area contributed by atoms with Gasteiger partial charge in [0.1, 0.15) is 30.3 Å². The summed E-state index contributed by atoms with van der Waals surface area (Å²) in [5.41, 5.74) is 2.73. The van der Waals surface area contributed by atoms with E-state index in [9.17, 15) is 28.4 Å². The summed E-state index contributed by atoms with van der Waals surface area (Å²) in [5, 5.41) is 55.0. The molecule has 1 fully saturated rings. The Balaban J connectivity index is 0.000000497. The van der Waals surface area contributed by atoms with Crippen LogP contribution in [0.15, 0.2) is 48.3 Å². The van der Waals surface area contributed by atoms with Gasteiger partial charge < -0.3 is 60.4 Å². The molecule has 3 aromatic rings. The molecule has 1 aromatic heterocycles. The van der Waals surface area contributed by atoms with Gasteiger partial charge in [0.2, 0.25) is 5.91 Å². The number of aliphatic carboxylic acids is 4. The fourth-order valence-corrected chi connectivity index (χ4v) is 4.81. The van der Waals surface area contributed by atoms with E-state index in [2.05, 4.69) is 25.5 Å². The number of amides is 1. The summed E-state index contributed by atoms with van der Waals surface area (Å²) in [5.74, 6) is -5.51. The molecule has 1 aliphatic rings. The van der Waals surface area contributed by atoms with Gasteiger partial charge in [0.05, 0.1) is 42.3 Å². The van der Waals surface area contributed by atoms with Crippen LogP contribution in [0.2, 0.25) is 5.02 Å². The third kappa shape index (κ3) is 16.9. The van der Waals surface area contributed by atoms with Crippen LogP contribution in [0.25, 0.3) is 10.9 Å². The molecule has 8 N–H and O–H groups in total. The average molecular weight is 812 g/mol. The number of halogens is 2. The molecule has 56 heavy (non-hydrogen) atoms. The number of fused-ring (bicyclic) bond motifs is 1. The van der Waals surface area contributed by atoms with Crippen LogP contribution in [0.5, 0.6) is 5.75 Å². The van der Waals surface area contributed by atoms with E-state index in [0.717, 1.165) is 38.0 Å². The molecule has 0 saturated carbocycles. The van der Waals surface area contributed by atoms with Crippen molar-refractivity contribution in [3.63, 3.8) is 0 Å². The smallest absolute Gasteiger partial charge is 0.333 e. The van der Waals surface area contributed by atoms with Crippen molar-refractivity contribution in [2.75, 3.05) is 64.3 Å². The normalized spacial score (nSPS) is 13.5. The van der Waals surface area contributed by atoms with Crippen LogP contribution in [0, 0.1) is 5.82 Å². The lowest BCUT2D eigenvalue weighted by atomic mass is 10.0. The van der Waals surface area contributed by atoms with Crippen LogP contribution >= 0.6 is 11.6 Å². The predicted molar refractivity (Wildman–Crippen MR) is 198 cm³/mol. The molecule has 2 heterocycles. The van der Waals surface area contributed by atoms with Crippen LogP contribution in [-0.2, 0) is 33.4 Å². The molecule has 21 heteroatoms. The molecule has 1 amide bonds. The zero-order valence-corrected chi connectivity index (χ0v) is 31.1. The minimum absolute atomic E-state index is 0.00675. The number of carboxylic acid groups (broad SMARTS) is 4. The Morgan fingerprint density at radius 3 is 2.02 bits per heavy atom. The van der Waals surface area contributed by atoms with E-state index in [1.54, 1.807) is 38.5 Å². The van der Waals surface area contributed by atoms with Crippen LogP contribution in [0.4, 0.5) is 21.6 Å². The maximum Gasteiger partial charge on any atom is 0.333 e. The number of hydrogen-bond acceptors (Lipinski definition) is 14. The van der Waals surface area contributed by atoms with Crippen LogP contribution in [0.3, 0.4) is 0 Å². The molecule has 0 spiro atoms. The molecule has 2 atom stereocenters. The second-order valence-electron chi connectivity index (χ2n) is 11.7. The maximum absolute atomic E-state index is 13.6. The summed E-state index contributed by atoms with van der Waals surface area (Å²) in [7, 11) is 3.29. The summed E-state index contributed by atoms with van der Waals surface area (Å²) in [4.78, 5) is 62.9. The number of carbonyl (C=O) groups excluding carboxylic acids is 1. The highest BCUT2D eigenvalue weighted by Gasteiger charge is 2.18. The van der Waals surface area contributed by atoms with E-state index >= 15 is 0 Å². The molecular formula is C35H43ClFN5O14. The summed E-state index contributed by atoms with van der Waals surface area (Å²) in [6.45, 7) is 4.05. The van der Waals surface area contributed by atoms with Gasteiger partial charge in [-0.3, -0.25) is 14.4 Å². The summed E-state index contributed by atoms with van der Waals surface area (Å²) in [6, 6.07) is 7.81. The van der Waals surface area contributed by atoms with Crippen molar-refractivity contribution in [2.24, 2.45) is 0 Å². The first-order valence-electron chi connectivity index (χ1n) is 16.6. The number of ether oxygens (including phenoxy) is 3. The lowest BCUT2D eigenvalue weighted by Crippen LogP contribution is -2.33. The zero-order chi connectivity index (χ0) is 41.8. The Bertz CT molecular complexity index is 1810.